The number of nitrogens with zero attached hydrogens (tertiary/aromatic N) is 1. The molecule has 0 amide bonds. The van der Waals surface area contributed by atoms with E-state index in [-0.39, 0.29) is 0 Å². The van der Waals surface area contributed by atoms with Crippen LogP contribution < -0.4 is 0 Å². The highest BCUT2D eigenvalue weighted by Gasteiger charge is 1.90. The summed E-state index contributed by atoms with van der Waals surface area (Å²) in [6, 6.07) is 2.11. The minimum Gasteiger partial charge on any atom is -0.192 e. The highest BCUT2D eigenvalue weighted by molar-refractivity contribution is 5.31. The van der Waals surface area contributed by atoms with Crippen molar-refractivity contribution < 1.29 is 0 Å². The van der Waals surface area contributed by atoms with Crippen LogP contribution in [0.2, 0.25) is 0 Å². The van der Waals surface area contributed by atoms with E-state index in [1.54, 1.807) is 0 Å². The summed E-state index contributed by atoms with van der Waals surface area (Å²) in [7, 11) is 0. The first-order valence-corrected chi connectivity index (χ1v) is 4.43. The van der Waals surface area contributed by atoms with Gasteiger partial charge in [-0.2, -0.15) is 5.26 Å². The molecule has 0 rings (SSSR count). The Hall–Kier alpha value is -1.03. The quantitative estimate of drug-likeness (QED) is 0.460. The summed E-state index contributed by atoms with van der Waals surface area (Å²) >= 11 is 0. The molecule has 0 saturated heterocycles. The second-order valence-electron chi connectivity index (χ2n) is 3.23. The molecule has 1 heteroatoms. The molecule has 0 N–H and O–H groups in total. The van der Waals surface area contributed by atoms with Crippen LogP contribution in [0.5, 0.6) is 0 Å². The number of hydrogen-bond donors (Lipinski definition) is 0. The lowest BCUT2D eigenvalue weighted by Gasteiger charge is -1.98. The molecule has 1 nitrogen and oxygen atoms in total. The van der Waals surface area contributed by atoms with Gasteiger partial charge in [-0.1, -0.05) is 26.0 Å². The number of allylic oxidation sites excluding steroid dienone is 4. The van der Waals surface area contributed by atoms with Crippen LogP contribution in [0.25, 0.3) is 0 Å². The summed E-state index contributed by atoms with van der Waals surface area (Å²) in [4.78, 5) is 0. The monoisotopic (exact) mass is 163 g/mol. The molecule has 0 aliphatic rings. The predicted octanol–water partition coefficient (Wildman–Crippen LogP) is 3.45. The largest absolute Gasteiger partial charge is 0.192 e. The average Bonchev–Trinajstić information content (AvgIpc) is 2.04. The van der Waals surface area contributed by atoms with Gasteiger partial charge in [-0.15, -0.1) is 0 Å². The van der Waals surface area contributed by atoms with Crippen LogP contribution in [-0.2, 0) is 0 Å². The Labute approximate surface area is 75.4 Å². The van der Waals surface area contributed by atoms with Crippen molar-refractivity contribution in [2.24, 2.45) is 5.92 Å². The number of nitriles is 1. The van der Waals surface area contributed by atoms with E-state index in [2.05, 4.69) is 26.0 Å². The van der Waals surface area contributed by atoms with E-state index in [0.717, 1.165) is 17.9 Å². The van der Waals surface area contributed by atoms with Crippen LogP contribution in [0.3, 0.4) is 0 Å². The summed E-state index contributed by atoms with van der Waals surface area (Å²) < 4.78 is 0. The molecule has 0 aromatic carbocycles. The third-order valence-corrected chi connectivity index (χ3v) is 1.65. The Morgan fingerprint density at radius 3 is 2.58 bits per heavy atom. The first-order valence-electron chi connectivity index (χ1n) is 4.43. The van der Waals surface area contributed by atoms with Gasteiger partial charge < -0.3 is 0 Å². The van der Waals surface area contributed by atoms with Crippen molar-refractivity contribution in [2.45, 2.75) is 33.6 Å². The zero-order valence-corrected chi connectivity index (χ0v) is 8.17. The van der Waals surface area contributed by atoms with Gasteiger partial charge in [-0.05, 0) is 31.8 Å². The van der Waals surface area contributed by atoms with Gasteiger partial charge >= 0.3 is 0 Å². The summed E-state index contributed by atoms with van der Waals surface area (Å²) in [5.74, 6) is 0.741. The number of rotatable bonds is 4. The fraction of sp³-hybridized carbons (Fsp3) is 0.545. The fourth-order valence-electron chi connectivity index (χ4n) is 0.838. The van der Waals surface area contributed by atoms with Crippen LogP contribution in [-0.4, -0.2) is 0 Å². The van der Waals surface area contributed by atoms with E-state index in [1.807, 2.05) is 19.1 Å². The average molecular weight is 163 g/mol. The van der Waals surface area contributed by atoms with Crippen molar-refractivity contribution in [1.82, 2.24) is 0 Å². The Morgan fingerprint density at radius 2 is 2.17 bits per heavy atom. The highest BCUT2D eigenvalue weighted by Crippen LogP contribution is 2.05. The van der Waals surface area contributed by atoms with Gasteiger partial charge in [0.25, 0.3) is 0 Å². The van der Waals surface area contributed by atoms with Gasteiger partial charge in [0.1, 0.15) is 0 Å². The minimum absolute atomic E-state index is 0.741. The van der Waals surface area contributed by atoms with Crippen molar-refractivity contribution in [1.29, 1.82) is 5.26 Å². The molecule has 0 aromatic heterocycles. The summed E-state index contributed by atoms with van der Waals surface area (Å²) in [5, 5.41) is 8.57. The molecule has 0 radical (unpaired) electrons. The second kappa shape index (κ2) is 6.67. The third-order valence-electron chi connectivity index (χ3n) is 1.65. The maximum absolute atomic E-state index is 8.57. The molecule has 0 spiro atoms. The molecule has 0 saturated carbocycles. The van der Waals surface area contributed by atoms with Crippen molar-refractivity contribution >= 4 is 0 Å². The number of hydrogen-bond acceptors (Lipinski definition) is 1. The van der Waals surface area contributed by atoms with Gasteiger partial charge in [-0.3, -0.25) is 0 Å². The Bertz CT molecular complexity index is 204. The van der Waals surface area contributed by atoms with Crippen LogP contribution >= 0.6 is 0 Å². The zero-order chi connectivity index (χ0) is 9.40. The Balaban J connectivity index is 3.70. The van der Waals surface area contributed by atoms with Gasteiger partial charge in [-0.25, -0.2) is 0 Å². The van der Waals surface area contributed by atoms with E-state index < -0.39 is 0 Å². The Kier molecular flexibility index (Phi) is 6.09. The van der Waals surface area contributed by atoms with Gasteiger partial charge in [0, 0.05) is 5.57 Å². The zero-order valence-electron chi connectivity index (χ0n) is 8.17. The van der Waals surface area contributed by atoms with E-state index in [1.165, 1.54) is 6.42 Å². The summed E-state index contributed by atoms with van der Waals surface area (Å²) in [5.41, 5.74) is 0.749. The first-order chi connectivity index (χ1) is 5.70. The first kappa shape index (κ1) is 11.0. The molecule has 0 heterocycles. The van der Waals surface area contributed by atoms with Crippen molar-refractivity contribution in [2.75, 3.05) is 0 Å². The lowest BCUT2D eigenvalue weighted by atomic mass is 10.1. The second-order valence-corrected chi connectivity index (χ2v) is 3.23. The molecule has 0 unspecified atom stereocenters. The lowest BCUT2D eigenvalue weighted by Crippen LogP contribution is -1.83. The maximum atomic E-state index is 8.57. The minimum atomic E-state index is 0.741. The summed E-state index contributed by atoms with van der Waals surface area (Å²) in [6.45, 7) is 6.29. The topological polar surface area (TPSA) is 23.8 Å². The molecule has 12 heavy (non-hydrogen) atoms. The summed E-state index contributed by atoms with van der Waals surface area (Å²) in [6.07, 6.45) is 8.04. The molecule has 0 aromatic rings. The van der Waals surface area contributed by atoms with Gasteiger partial charge in [0.15, 0.2) is 0 Å². The standard InChI is InChI=1S/C11H17N/c1-4-11(9-12)8-6-5-7-10(2)3/h4,6,8,10H,5,7H2,1-3H3/b8-6-,11-4+. The van der Waals surface area contributed by atoms with E-state index in [9.17, 15) is 0 Å². The third kappa shape index (κ3) is 5.73. The predicted molar refractivity (Wildman–Crippen MR) is 52.6 cm³/mol. The lowest BCUT2D eigenvalue weighted by molar-refractivity contribution is 0.594. The molecule has 0 fully saturated rings. The van der Waals surface area contributed by atoms with Crippen molar-refractivity contribution in [3.63, 3.8) is 0 Å². The molecule has 0 aliphatic heterocycles. The van der Waals surface area contributed by atoms with E-state index in [4.69, 9.17) is 5.26 Å². The molecule has 66 valence electrons. The molecular weight excluding hydrogens is 146 g/mol. The van der Waals surface area contributed by atoms with Crippen molar-refractivity contribution in [3.05, 3.63) is 23.8 Å². The smallest absolute Gasteiger partial charge is 0.0987 e. The van der Waals surface area contributed by atoms with E-state index >= 15 is 0 Å². The van der Waals surface area contributed by atoms with Crippen LogP contribution in [0, 0.1) is 17.2 Å². The fourth-order valence-corrected chi connectivity index (χ4v) is 0.838. The van der Waals surface area contributed by atoms with Gasteiger partial charge in [0.2, 0.25) is 0 Å². The van der Waals surface area contributed by atoms with Crippen LogP contribution in [0.15, 0.2) is 23.8 Å². The van der Waals surface area contributed by atoms with Crippen LogP contribution in [0.1, 0.15) is 33.6 Å². The molecule has 0 atom stereocenters. The maximum Gasteiger partial charge on any atom is 0.0987 e. The molecule has 0 bridgehead atoms. The van der Waals surface area contributed by atoms with Gasteiger partial charge in [0.05, 0.1) is 6.07 Å². The van der Waals surface area contributed by atoms with E-state index in [0.29, 0.717) is 0 Å². The highest BCUT2D eigenvalue weighted by atomic mass is 14.2. The molecular formula is C11H17N. The Morgan fingerprint density at radius 1 is 1.50 bits per heavy atom. The SMILES string of the molecule is C/C=C(C#N)\C=C/CCC(C)C. The van der Waals surface area contributed by atoms with Crippen molar-refractivity contribution in [3.8, 4) is 6.07 Å². The normalized spacial score (nSPS) is 12.4. The molecule has 0 aliphatic carbocycles. The van der Waals surface area contributed by atoms with Crippen LogP contribution in [0.4, 0.5) is 0 Å².